The molecule has 1 aromatic rings. The quantitative estimate of drug-likeness (QED) is 0.876. The van der Waals surface area contributed by atoms with Crippen LogP contribution in [0.3, 0.4) is 0 Å². The predicted octanol–water partition coefficient (Wildman–Crippen LogP) is 2.65. The lowest BCUT2D eigenvalue weighted by Gasteiger charge is -2.23. The first-order valence-electron chi connectivity index (χ1n) is 7.73. The zero-order valence-electron chi connectivity index (χ0n) is 13.9. The summed E-state index contributed by atoms with van der Waals surface area (Å²) in [6.45, 7) is 6.10. The van der Waals surface area contributed by atoms with Crippen LogP contribution in [-0.4, -0.2) is 45.7 Å². The molecule has 0 saturated carbocycles. The van der Waals surface area contributed by atoms with Gasteiger partial charge in [-0.3, -0.25) is 5.32 Å². The zero-order valence-corrected chi connectivity index (χ0v) is 13.9. The smallest absolute Gasteiger partial charge is 0.378 e. The summed E-state index contributed by atoms with van der Waals surface area (Å²) in [6.07, 6.45) is -2.65. The molecule has 0 aromatic carbocycles. The molecule has 136 valence electrons. The van der Waals surface area contributed by atoms with Crippen molar-refractivity contribution in [1.29, 1.82) is 0 Å². The Bertz CT molecular complexity index is 561. The van der Waals surface area contributed by atoms with Gasteiger partial charge in [-0.05, 0) is 33.6 Å². The highest BCUT2D eigenvalue weighted by atomic mass is 19.4. The maximum atomic E-state index is 13.1. The number of aromatic nitrogens is 3. The number of rotatable bonds is 4. The summed E-state index contributed by atoms with van der Waals surface area (Å²) in [5.41, 5.74) is -0.349. The Morgan fingerprint density at radius 2 is 2.17 bits per heavy atom. The van der Waals surface area contributed by atoms with Crippen LogP contribution in [0.1, 0.15) is 40.0 Å². The van der Waals surface area contributed by atoms with E-state index in [9.17, 15) is 18.0 Å². The molecule has 2 rings (SSSR count). The lowest BCUT2D eigenvalue weighted by molar-refractivity contribution is -0.159. The van der Waals surface area contributed by atoms with Crippen molar-refractivity contribution >= 4 is 12.0 Å². The predicted molar refractivity (Wildman–Crippen MR) is 80.6 cm³/mol. The van der Waals surface area contributed by atoms with Gasteiger partial charge in [-0.2, -0.15) is 13.2 Å². The standard InChI is InChI=1S/C14H22F3N5O2/c1-13(2,3)22-8-18-11(21-22)20-12(23)19-10(14(15,16)17)7-9-5-4-6-24-9/h8-10H,4-7H2,1-3H3,(H2,19,20,21,23). The Kier molecular flexibility index (Phi) is 5.36. The third kappa shape index (κ3) is 5.08. The normalized spacial score (nSPS) is 20.0. The fraction of sp³-hybridized carbons (Fsp3) is 0.786. The van der Waals surface area contributed by atoms with Crippen LogP contribution in [0.25, 0.3) is 0 Å². The number of halogens is 3. The molecule has 1 fully saturated rings. The van der Waals surface area contributed by atoms with Crippen molar-refractivity contribution in [3.05, 3.63) is 6.33 Å². The Hall–Kier alpha value is -1.84. The third-order valence-corrected chi connectivity index (χ3v) is 3.63. The molecule has 1 saturated heterocycles. The molecule has 0 aliphatic carbocycles. The zero-order chi connectivity index (χ0) is 18.0. The number of anilines is 1. The van der Waals surface area contributed by atoms with E-state index in [2.05, 4.69) is 15.4 Å². The number of ether oxygens (including phenoxy) is 1. The lowest BCUT2D eigenvalue weighted by Crippen LogP contribution is -2.48. The van der Waals surface area contributed by atoms with E-state index in [4.69, 9.17) is 4.74 Å². The molecular weight excluding hydrogens is 327 g/mol. The van der Waals surface area contributed by atoms with Gasteiger partial charge in [0.2, 0.25) is 5.95 Å². The first-order chi connectivity index (χ1) is 11.1. The molecule has 0 bridgehead atoms. The molecule has 1 aliphatic rings. The van der Waals surface area contributed by atoms with Crippen LogP contribution in [0.5, 0.6) is 0 Å². The van der Waals surface area contributed by atoms with E-state index in [0.717, 1.165) is 6.42 Å². The molecule has 1 aromatic heterocycles. The molecule has 10 heteroatoms. The number of hydrogen-bond donors (Lipinski definition) is 2. The second-order valence-electron chi connectivity index (χ2n) is 6.75. The summed E-state index contributed by atoms with van der Waals surface area (Å²) in [5, 5.41) is 8.19. The van der Waals surface area contributed by atoms with E-state index in [1.807, 2.05) is 26.1 Å². The molecule has 24 heavy (non-hydrogen) atoms. The fourth-order valence-electron chi connectivity index (χ4n) is 2.31. The summed E-state index contributed by atoms with van der Waals surface area (Å²) >= 11 is 0. The summed E-state index contributed by atoms with van der Waals surface area (Å²) in [4.78, 5) is 15.7. The monoisotopic (exact) mass is 349 g/mol. The maximum Gasteiger partial charge on any atom is 0.408 e. The molecule has 2 heterocycles. The molecule has 0 spiro atoms. The highest BCUT2D eigenvalue weighted by Gasteiger charge is 2.42. The number of nitrogens with zero attached hydrogens (tertiary/aromatic N) is 3. The molecular formula is C14H22F3N5O2. The SMILES string of the molecule is CC(C)(C)n1cnc(NC(=O)NC(CC2CCCO2)C(F)(F)F)n1. The van der Waals surface area contributed by atoms with Crippen molar-refractivity contribution in [3.8, 4) is 0 Å². The van der Waals surface area contributed by atoms with Crippen molar-refractivity contribution in [1.82, 2.24) is 20.1 Å². The minimum Gasteiger partial charge on any atom is -0.378 e. The van der Waals surface area contributed by atoms with Crippen molar-refractivity contribution in [2.75, 3.05) is 11.9 Å². The Morgan fingerprint density at radius 1 is 1.46 bits per heavy atom. The number of nitrogens with one attached hydrogen (secondary N) is 2. The number of hydrogen-bond acceptors (Lipinski definition) is 4. The fourth-order valence-corrected chi connectivity index (χ4v) is 2.31. The van der Waals surface area contributed by atoms with Crippen molar-refractivity contribution in [2.24, 2.45) is 0 Å². The molecule has 2 N–H and O–H groups in total. The van der Waals surface area contributed by atoms with Crippen LogP contribution in [0, 0.1) is 0 Å². The summed E-state index contributed by atoms with van der Waals surface area (Å²) in [5.74, 6) is -0.0551. The Labute approximate surface area is 138 Å². The number of amides is 2. The number of carbonyl (C=O) groups is 1. The summed E-state index contributed by atoms with van der Waals surface area (Å²) in [7, 11) is 0. The minimum atomic E-state index is -4.55. The number of urea groups is 1. The van der Waals surface area contributed by atoms with E-state index in [1.54, 1.807) is 0 Å². The highest BCUT2D eigenvalue weighted by Crippen LogP contribution is 2.27. The van der Waals surface area contributed by atoms with Gasteiger partial charge < -0.3 is 10.1 Å². The van der Waals surface area contributed by atoms with Gasteiger partial charge in [0.15, 0.2) is 0 Å². The number of carbonyl (C=O) groups excluding carboxylic acids is 1. The van der Waals surface area contributed by atoms with Crippen molar-refractivity contribution in [3.63, 3.8) is 0 Å². The van der Waals surface area contributed by atoms with E-state index >= 15 is 0 Å². The second kappa shape index (κ2) is 6.96. The molecule has 2 amide bonds. The van der Waals surface area contributed by atoms with Gasteiger partial charge >= 0.3 is 12.2 Å². The molecule has 7 nitrogen and oxygen atoms in total. The van der Waals surface area contributed by atoms with Gasteiger partial charge in [-0.15, -0.1) is 5.10 Å². The van der Waals surface area contributed by atoms with Gasteiger partial charge in [0, 0.05) is 13.0 Å². The van der Waals surface area contributed by atoms with E-state index in [1.165, 1.54) is 11.0 Å². The van der Waals surface area contributed by atoms with Crippen LogP contribution in [-0.2, 0) is 10.3 Å². The van der Waals surface area contributed by atoms with E-state index in [0.29, 0.717) is 13.0 Å². The first-order valence-corrected chi connectivity index (χ1v) is 7.73. The van der Waals surface area contributed by atoms with Crippen LogP contribution in [0.2, 0.25) is 0 Å². The first kappa shape index (κ1) is 18.5. The van der Waals surface area contributed by atoms with Crippen molar-refractivity contribution in [2.45, 2.75) is 63.9 Å². The molecule has 2 atom stereocenters. The Balaban J connectivity index is 1.95. The third-order valence-electron chi connectivity index (χ3n) is 3.63. The van der Waals surface area contributed by atoms with Crippen LogP contribution < -0.4 is 10.6 Å². The van der Waals surface area contributed by atoms with Crippen LogP contribution >= 0.6 is 0 Å². The summed E-state index contributed by atoms with van der Waals surface area (Å²) < 4.78 is 46.0. The lowest BCUT2D eigenvalue weighted by atomic mass is 10.1. The largest absolute Gasteiger partial charge is 0.408 e. The Morgan fingerprint density at radius 3 is 2.67 bits per heavy atom. The minimum absolute atomic E-state index is 0.0551. The molecule has 0 radical (unpaired) electrons. The van der Waals surface area contributed by atoms with Gasteiger partial charge in [-0.1, -0.05) is 0 Å². The van der Waals surface area contributed by atoms with Crippen LogP contribution in [0.15, 0.2) is 6.33 Å². The van der Waals surface area contributed by atoms with E-state index in [-0.39, 0.29) is 17.9 Å². The van der Waals surface area contributed by atoms with Crippen LogP contribution in [0.4, 0.5) is 23.9 Å². The van der Waals surface area contributed by atoms with Gasteiger partial charge in [0.25, 0.3) is 0 Å². The van der Waals surface area contributed by atoms with Crippen molar-refractivity contribution < 1.29 is 22.7 Å². The van der Waals surface area contributed by atoms with Gasteiger partial charge in [-0.25, -0.2) is 14.5 Å². The highest BCUT2D eigenvalue weighted by molar-refractivity contribution is 5.87. The topological polar surface area (TPSA) is 81.1 Å². The van der Waals surface area contributed by atoms with Gasteiger partial charge in [0.1, 0.15) is 12.4 Å². The second-order valence-corrected chi connectivity index (χ2v) is 6.75. The summed E-state index contributed by atoms with van der Waals surface area (Å²) in [6, 6.07) is -2.98. The molecule has 1 aliphatic heterocycles. The maximum absolute atomic E-state index is 13.1. The average molecular weight is 349 g/mol. The average Bonchev–Trinajstić information content (AvgIpc) is 3.07. The molecule has 2 unspecified atom stereocenters. The van der Waals surface area contributed by atoms with Gasteiger partial charge in [0.05, 0.1) is 11.6 Å². The number of alkyl halides is 3. The van der Waals surface area contributed by atoms with E-state index < -0.39 is 24.4 Å².